The molecule has 0 unspecified atom stereocenters. The Bertz CT molecular complexity index is 1760. The maximum atomic E-state index is 14.5. The van der Waals surface area contributed by atoms with E-state index in [1.54, 1.807) is 29.4 Å². The van der Waals surface area contributed by atoms with Gasteiger partial charge in [0.1, 0.15) is 17.1 Å². The van der Waals surface area contributed by atoms with Gasteiger partial charge in [-0.05, 0) is 50.1 Å². The average Bonchev–Trinajstić information content (AvgIpc) is 3.52. The maximum Gasteiger partial charge on any atom is 0.255 e. The molecule has 9 nitrogen and oxygen atoms in total. The lowest BCUT2D eigenvalue weighted by atomic mass is 9.90. The van der Waals surface area contributed by atoms with Crippen LogP contribution in [0.4, 0.5) is 4.39 Å². The third-order valence-electron chi connectivity index (χ3n) is 7.75. The first-order valence-corrected chi connectivity index (χ1v) is 13.9. The van der Waals surface area contributed by atoms with Crippen LogP contribution in [0.3, 0.4) is 0 Å². The number of para-hydroxylation sites is 1. The molecule has 0 radical (unpaired) electrons. The highest BCUT2D eigenvalue weighted by atomic mass is 79.9. The number of hydrogen-bond acceptors (Lipinski definition) is 6. The molecule has 1 aliphatic carbocycles. The van der Waals surface area contributed by atoms with Crippen LogP contribution in [0, 0.1) is 5.82 Å². The van der Waals surface area contributed by atoms with Gasteiger partial charge < -0.3 is 10.0 Å². The number of aromatic nitrogens is 6. The summed E-state index contributed by atoms with van der Waals surface area (Å²) in [4.78, 5) is 19.6. The Balaban J connectivity index is 1.10. The van der Waals surface area contributed by atoms with Crippen LogP contribution in [0.25, 0.3) is 16.7 Å². The van der Waals surface area contributed by atoms with Gasteiger partial charge in [-0.25, -0.2) is 18.7 Å². The van der Waals surface area contributed by atoms with Crippen LogP contribution in [0.2, 0.25) is 0 Å². The average molecular weight is 602 g/mol. The molecule has 5 aromatic rings. The summed E-state index contributed by atoms with van der Waals surface area (Å²) >= 11 is 3.27. The number of nitrogens with zero attached hydrogens (tertiary/aromatic N) is 7. The van der Waals surface area contributed by atoms with Crippen LogP contribution >= 0.6 is 15.9 Å². The zero-order valence-electron chi connectivity index (χ0n) is 21.6. The topological polar surface area (TPSA) is 102 Å². The molecule has 0 bridgehead atoms. The van der Waals surface area contributed by atoms with Crippen molar-refractivity contribution in [2.24, 2.45) is 0 Å². The van der Waals surface area contributed by atoms with E-state index in [2.05, 4.69) is 31.2 Å². The molecule has 1 saturated carbocycles. The first-order valence-electron chi connectivity index (χ1n) is 13.1. The predicted molar refractivity (Wildman–Crippen MR) is 149 cm³/mol. The fourth-order valence-corrected chi connectivity index (χ4v) is 5.62. The third-order valence-corrected chi connectivity index (χ3v) is 8.24. The van der Waals surface area contributed by atoms with E-state index in [-0.39, 0.29) is 24.8 Å². The number of hydrogen-bond donors (Lipinski definition) is 1. The van der Waals surface area contributed by atoms with Gasteiger partial charge in [-0.1, -0.05) is 45.4 Å². The van der Waals surface area contributed by atoms with E-state index in [1.165, 1.54) is 10.7 Å². The number of rotatable bonds is 6. The highest BCUT2D eigenvalue weighted by Gasteiger charge is 2.47. The molecule has 7 rings (SSSR count). The van der Waals surface area contributed by atoms with Gasteiger partial charge in [0.05, 0.1) is 42.3 Å². The van der Waals surface area contributed by atoms with Crippen LogP contribution in [0.1, 0.15) is 59.0 Å². The summed E-state index contributed by atoms with van der Waals surface area (Å²) in [7, 11) is 0. The summed E-state index contributed by atoms with van der Waals surface area (Å²) in [5.74, 6) is -0.196. The van der Waals surface area contributed by atoms with E-state index >= 15 is 0 Å². The van der Waals surface area contributed by atoms with E-state index in [9.17, 15) is 14.3 Å². The molecule has 4 heterocycles. The minimum Gasteiger partial charge on any atom is -0.380 e. The van der Waals surface area contributed by atoms with Crippen molar-refractivity contribution >= 4 is 32.9 Å². The number of pyridine rings is 1. The maximum absolute atomic E-state index is 14.5. The Morgan fingerprint density at radius 1 is 1.15 bits per heavy atom. The van der Waals surface area contributed by atoms with Crippen LogP contribution in [0.5, 0.6) is 0 Å². The van der Waals surface area contributed by atoms with Crippen molar-refractivity contribution in [2.75, 3.05) is 13.1 Å². The molecule has 202 valence electrons. The summed E-state index contributed by atoms with van der Waals surface area (Å²) in [6.45, 7) is 1.95. The first kappa shape index (κ1) is 25.0. The van der Waals surface area contributed by atoms with Crippen LogP contribution in [-0.2, 0) is 5.60 Å². The molecule has 2 fully saturated rings. The lowest BCUT2D eigenvalue weighted by molar-refractivity contribution is -0.0893. The van der Waals surface area contributed by atoms with Gasteiger partial charge in [0.25, 0.3) is 5.91 Å². The number of amides is 1. The first-order chi connectivity index (χ1) is 19.3. The number of carbonyl (C=O) groups is 1. The lowest BCUT2D eigenvalue weighted by Crippen LogP contribution is -2.61. The number of halogens is 2. The Morgan fingerprint density at radius 3 is 2.65 bits per heavy atom. The normalized spacial score (nSPS) is 17.1. The highest BCUT2D eigenvalue weighted by Crippen LogP contribution is 2.43. The number of benzene rings is 2. The smallest absolute Gasteiger partial charge is 0.255 e. The fourth-order valence-electron chi connectivity index (χ4n) is 5.28. The van der Waals surface area contributed by atoms with Crippen molar-refractivity contribution in [3.8, 4) is 5.69 Å². The second-order valence-electron chi connectivity index (χ2n) is 10.6. The van der Waals surface area contributed by atoms with Gasteiger partial charge in [-0.2, -0.15) is 5.10 Å². The molecule has 0 spiro atoms. The summed E-state index contributed by atoms with van der Waals surface area (Å²) in [6, 6.07) is 16.1. The Morgan fingerprint density at radius 2 is 1.93 bits per heavy atom. The van der Waals surface area contributed by atoms with E-state index in [0.717, 1.165) is 35.3 Å². The second-order valence-corrected chi connectivity index (χ2v) is 11.5. The zero-order chi connectivity index (χ0) is 27.6. The summed E-state index contributed by atoms with van der Waals surface area (Å²) in [5, 5.41) is 25.2. The molecule has 40 heavy (non-hydrogen) atoms. The molecule has 2 aliphatic rings. The van der Waals surface area contributed by atoms with Crippen LogP contribution in [-0.4, -0.2) is 58.8 Å². The van der Waals surface area contributed by atoms with Crippen molar-refractivity contribution in [2.45, 2.75) is 37.3 Å². The quantitative estimate of drug-likeness (QED) is 0.301. The SMILES string of the molecule is C[C@H](c1ccc(Br)cc1F)n1cc(C2(O)CN(C(=O)c3cnc4c(c3)c(C3CC3)nn4-c3ccccc3)C2)nn1. The van der Waals surface area contributed by atoms with Gasteiger partial charge >= 0.3 is 0 Å². The highest BCUT2D eigenvalue weighted by molar-refractivity contribution is 9.10. The van der Waals surface area contributed by atoms with Gasteiger partial charge in [-0.3, -0.25) is 4.79 Å². The lowest BCUT2D eigenvalue weighted by Gasteiger charge is -2.45. The standard InChI is InChI=1S/C29H25BrFN7O2/c1-17(22-10-9-20(30)12-24(22)31)37-14-25(33-35-37)29(40)15-36(16-29)28(39)19-11-23-26(18-7-8-18)34-38(27(23)32-13-19)21-5-3-2-4-6-21/h2-6,9-14,17-18,40H,7-8,15-16H2,1H3/t17-/m1/s1. The molecule has 1 N–H and O–H groups in total. The summed E-state index contributed by atoms with van der Waals surface area (Å²) in [5.41, 5.74) is 2.53. The van der Waals surface area contributed by atoms with Crippen molar-refractivity contribution in [1.82, 2.24) is 34.7 Å². The molecule has 1 saturated heterocycles. The minimum absolute atomic E-state index is 0.0718. The molecule has 1 amide bonds. The molecular formula is C29H25BrFN7O2. The van der Waals surface area contributed by atoms with E-state index < -0.39 is 11.6 Å². The zero-order valence-corrected chi connectivity index (χ0v) is 23.2. The Labute approximate surface area is 237 Å². The Hall–Kier alpha value is -3.96. The van der Waals surface area contributed by atoms with Gasteiger partial charge in [-0.15, -0.1) is 5.10 Å². The van der Waals surface area contributed by atoms with Crippen molar-refractivity contribution < 1.29 is 14.3 Å². The molecular weight excluding hydrogens is 577 g/mol. The number of fused-ring (bicyclic) bond motifs is 1. The van der Waals surface area contributed by atoms with Crippen molar-refractivity contribution in [1.29, 1.82) is 0 Å². The monoisotopic (exact) mass is 601 g/mol. The van der Waals surface area contributed by atoms with Gasteiger partial charge in [0.15, 0.2) is 5.65 Å². The second kappa shape index (κ2) is 9.31. The largest absolute Gasteiger partial charge is 0.380 e. The number of aliphatic hydroxyl groups is 1. The van der Waals surface area contributed by atoms with Crippen LogP contribution < -0.4 is 0 Å². The molecule has 2 aromatic carbocycles. The van der Waals surface area contributed by atoms with Crippen molar-refractivity contribution in [3.05, 3.63) is 99.8 Å². The van der Waals surface area contributed by atoms with Crippen LogP contribution in [0.15, 0.2) is 71.5 Å². The molecule has 3 aromatic heterocycles. The molecule has 1 aliphatic heterocycles. The predicted octanol–water partition coefficient (Wildman–Crippen LogP) is 4.74. The van der Waals surface area contributed by atoms with Crippen molar-refractivity contribution in [3.63, 3.8) is 0 Å². The Kier molecular flexibility index (Phi) is 5.83. The minimum atomic E-state index is -1.33. The van der Waals surface area contributed by atoms with E-state index in [0.29, 0.717) is 27.2 Å². The van der Waals surface area contributed by atoms with E-state index in [4.69, 9.17) is 5.10 Å². The summed E-state index contributed by atoms with van der Waals surface area (Å²) < 4.78 is 18.5. The third kappa shape index (κ3) is 4.20. The molecule has 11 heteroatoms. The van der Waals surface area contributed by atoms with E-state index in [1.807, 2.05) is 48.0 Å². The molecule has 1 atom stereocenters. The van der Waals surface area contributed by atoms with Gasteiger partial charge in [0, 0.05) is 27.5 Å². The number of likely N-dealkylation sites (tertiary alicyclic amines) is 1. The fraction of sp³-hybridized carbons (Fsp3) is 0.276. The number of β-amino-alcohol motifs (C(OH)–C–C–N with tert-alkyl or cyclic N) is 1. The summed E-state index contributed by atoms with van der Waals surface area (Å²) in [6.07, 6.45) is 5.34. The number of carbonyl (C=O) groups excluding carboxylic acids is 1. The van der Waals surface area contributed by atoms with Gasteiger partial charge in [0.2, 0.25) is 0 Å².